The minimum Gasteiger partial charge on any atom is -0.452 e. The number of para-hydroxylation sites is 6. The summed E-state index contributed by atoms with van der Waals surface area (Å²) in [4.78, 5) is 4.86. The van der Waals surface area contributed by atoms with Crippen molar-refractivity contribution in [2.75, 3.05) is 9.80 Å². The zero-order valence-electron chi connectivity index (χ0n) is 44.7. The Morgan fingerprint density at radius 3 is 1.00 bits per heavy atom. The van der Waals surface area contributed by atoms with Gasteiger partial charge in [-0.15, -0.1) is 0 Å². The van der Waals surface area contributed by atoms with Gasteiger partial charge in [-0.3, -0.25) is 0 Å². The third-order valence-corrected chi connectivity index (χ3v) is 18.1. The number of hydrogen-bond acceptors (Lipinski definition) is 4. The summed E-state index contributed by atoms with van der Waals surface area (Å²) < 4.78 is 18.8. The van der Waals surface area contributed by atoms with Crippen molar-refractivity contribution in [2.45, 2.75) is 13.8 Å². The summed E-state index contributed by atoms with van der Waals surface area (Å²) in [5, 5.41) is 18.7. The van der Waals surface area contributed by atoms with E-state index in [4.69, 9.17) is 8.83 Å². The van der Waals surface area contributed by atoms with E-state index in [0.717, 1.165) is 99.5 Å². The Morgan fingerprint density at radius 1 is 0.268 bits per heavy atom. The Kier molecular flexibility index (Phi) is 8.57. The van der Waals surface area contributed by atoms with Crippen molar-refractivity contribution < 1.29 is 8.83 Å². The fraction of sp³-hybridized carbons (Fsp3) is 0.0263. The third kappa shape index (κ3) is 5.86. The van der Waals surface area contributed by atoms with Crippen LogP contribution in [0.3, 0.4) is 0 Å². The largest absolute Gasteiger partial charge is 0.452 e. The summed E-state index contributed by atoms with van der Waals surface area (Å²) in [6.45, 7) is 4.41. The lowest BCUT2D eigenvalue weighted by Gasteiger charge is -2.27. The summed E-state index contributed by atoms with van der Waals surface area (Å²) in [6, 6.07) is 89.3. The first-order chi connectivity index (χ1) is 40.5. The molecule has 0 fully saturated rings. The molecule has 6 heteroatoms. The van der Waals surface area contributed by atoms with Crippen molar-refractivity contribution in [2.24, 2.45) is 0 Å². The molecular weight excluding hydrogens is 1000 g/mol. The zero-order valence-corrected chi connectivity index (χ0v) is 44.7. The normalized spacial score (nSPS) is 12.5. The SMILES string of the molecule is Cc1ccccc1N(c1ccc2cc3c(cc2c1)oc1c3ccc2c3cc4ccc(N(c5cc6c7ccccc7n7c8ccccc8c(c5)c67)c5ccccc5C)cc4cc3oc21)c1cc2c3ccccc3n3c4ccccc4c(c1)c23. The summed E-state index contributed by atoms with van der Waals surface area (Å²) in [7, 11) is 0. The second kappa shape index (κ2) is 15.9. The molecule has 13 aromatic carbocycles. The molecule has 6 nitrogen and oxygen atoms in total. The number of anilines is 6. The summed E-state index contributed by atoms with van der Waals surface area (Å²) in [5.74, 6) is 0. The average Bonchev–Trinajstić information content (AvgIpc) is 2.23. The molecule has 382 valence electrons. The lowest BCUT2D eigenvalue weighted by molar-refractivity contribution is 0.634. The molecule has 82 heavy (non-hydrogen) atoms. The monoisotopic (exact) mass is 1050 g/mol. The van der Waals surface area contributed by atoms with Gasteiger partial charge in [-0.2, -0.15) is 0 Å². The number of fused-ring (bicyclic) bond motifs is 21. The van der Waals surface area contributed by atoms with Crippen LogP contribution < -0.4 is 9.80 Å². The van der Waals surface area contributed by atoms with Gasteiger partial charge in [0.2, 0.25) is 0 Å². The van der Waals surface area contributed by atoms with Gasteiger partial charge in [0, 0.05) is 98.8 Å². The second-order valence-corrected chi connectivity index (χ2v) is 22.5. The van der Waals surface area contributed by atoms with Gasteiger partial charge < -0.3 is 27.4 Å². The highest BCUT2D eigenvalue weighted by Gasteiger charge is 2.26. The van der Waals surface area contributed by atoms with Crippen LogP contribution in [0.25, 0.3) is 142 Å². The molecule has 0 atom stereocenters. The smallest absolute Gasteiger partial charge is 0.178 e. The predicted molar refractivity (Wildman–Crippen MR) is 344 cm³/mol. The molecule has 0 radical (unpaired) electrons. The number of rotatable bonds is 6. The van der Waals surface area contributed by atoms with Gasteiger partial charge in [0.15, 0.2) is 11.2 Å². The van der Waals surface area contributed by atoms with Crippen LogP contribution in [0.5, 0.6) is 0 Å². The maximum Gasteiger partial charge on any atom is 0.178 e. The van der Waals surface area contributed by atoms with E-state index >= 15 is 0 Å². The zero-order chi connectivity index (χ0) is 53.6. The number of hydrogen-bond donors (Lipinski definition) is 0. The quantitative estimate of drug-likeness (QED) is 0.166. The molecule has 0 N–H and O–H groups in total. The van der Waals surface area contributed by atoms with Crippen molar-refractivity contribution in [3.63, 3.8) is 0 Å². The van der Waals surface area contributed by atoms with E-state index in [-0.39, 0.29) is 0 Å². The molecule has 0 aliphatic rings. The number of aromatic nitrogens is 2. The maximum absolute atomic E-state index is 6.98. The van der Waals surface area contributed by atoms with Crippen LogP contribution in [-0.4, -0.2) is 8.80 Å². The highest BCUT2D eigenvalue weighted by molar-refractivity contribution is 6.27. The van der Waals surface area contributed by atoms with Crippen LogP contribution in [0.1, 0.15) is 11.1 Å². The molecule has 6 heterocycles. The first-order valence-corrected chi connectivity index (χ1v) is 28.2. The van der Waals surface area contributed by atoms with Gasteiger partial charge in [-0.1, -0.05) is 121 Å². The average molecular weight is 1050 g/mol. The van der Waals surface area contributed by atoms with Crippen LogP contribution >= 0.6 is 0 Å². The van der Waals surface area contributed by atoms with Crippen LogP contribution in [0, 0.1) is 13.8 Å². The molecule has 19 rings (SSSR count). The van der Waals surface area contributed by atoms with Gasteiger partial charge in [-0.05, 0) is 168 Å². The topological polar surface area (TPSA) is 41.6 Å². The fourth-order valence-electron chi connectivity index (χ4n) is 14.4. The second-order valence-electron chi connectivity index (χ2n) is 22.5. The fourth-order valence-corrected chi connectivity index (χ4v) is 14.4. The Bertz CT molecular complexity index is 5420. The lowest BCUT2D eigenvalue weighted by Crippen LogP contribution is -2.11. The van der Waals surface area contributed by atoms with Gasteiger partial charge in [0.25, 0.3) is 0 Å². The number of aryl methyl sites for hydroxylation is 2. The van der Waals surface area contributed by atoms with E-state index in [1.165, 1.54) is 87.3 Å². The van der Waals surface area contributed by atoms with E-state index in [1.54, 1.807) is 0 Å². The van der Waals surface area contributed by atoms with Gasteiger partial charge >= 0.3 is 0 Å². The van der Waals surface area contributed by atoms with E-state index in [9.17, 15) is 0 Å². The lowest BCUT2D eigenvalue weighted by atomic mass is 10.0. The van der Waals surface area contributed by atoms with Crippen LogP contribution in [0.15, 0.2) is 251 Å². The molecule has 0 amide bonds. The predicted octanol–water partition coefficient (Wildman–Crippen LogP) is 21.6. The Balaban J connectivity index is 0.752. The molecule has 0 saturated heterocycles. The summed E-state index contributed by atoms with van der Waals surface area (Å²) in [6.07, 6.45) is 0. The first-order valence-electron chi connectivity index (χ1n) is 28.2. The van der Waals surface area contributed by atoms with Crippen molar-refractivity contribution in [1.29, 1.82) is 0 Å². The van der Waals surface area contributed by atoms with E-state index in [1.807, 2.05) is 0 Å². The molecular formula is C76H46N4O2. The highest BCUT2D eigenvalue weighted by Crippen LogP contribution is 2.49. The Hall–Kier alpha value is -10.8. The molecule has 6 aromatic heterocycles. The maximum atomic E-state index is 6.98. The van der Waals surface area contributed by atoms with Crippen molar-refractivity contribution in [3.8, 4) is 0 Å². The molecule has 0 aliphatic heterocycles. The van der Waals surface area contributed by atoms with Crippen molar-refractivity contribution in [1.82, 2.24) is 8.80 Å². The summed E-state index contributed by atoms with van der Waals surface area (Å²) in [5.41, 5.74) is 19.6. The molecule has 0 spiro atoms. The number of nitrogens with zero attached hydrogens (tertiary/aromatic N) is 4. The highest BCUT2D eigenvalue weighted by atomic mass is 16.4. The summed E-state index contributed by atoms with van der Waals surface area (Å²) >= 11 is 0. The van der Waals surface area contributed by atoms with E-state index < -0.39 is 0 Å². The molecule has 0 saturated carbocycles. The third-order valence-electron chi connectivity index (χ3n) is 18.1. The standard InChI is InChI=1S/C76H46N4O2/c1-43-15-3-9-21-65(43)77(51-39-61-53-17-5-11-23-67(53)79-68-24-12-6-18-54(68)62(40-51)73(61)79)49-29-27-45-35-59-57-31-32-58-60-36-46-28-30-50(34-48(46)38-72(60)82-76(58)75(57)81-71(59)37-47(45)33-49)78(66-22-10-4-16-44(66)2)52-41-63-55-19-7-13-25-69(55)80-70-26-14-8-20-56(70)64(42-52)74(63)80/h3-42H,1-2H3. The Labute approximate surface area is 468 Å². The van der Waals surface area contributed by atoms with E-state index in [2.05, 4.69) is 275 Å². The van der Waals surface area contributed by atoms with Gasteiger partial charge in [0.1, 0.15) is 11.2 Å². The first kappa shape index (κ1) is 44.1. The molecule has 0 aliphatic carbocycles. The Morgan fingerprint density at radius 2 is 0.622 bits per heavy atom. The van der Waals surface area contributed by atoms with Gasteiger partial charge in [-0.25, -0.2) is 0 Å². The molecule has 0 unspecified atom stereocenters. The minimum atomic E-state index is 0.758. The molecule has 0 bridgehead atoms. The number of furan rings is 2. The molecule has 19 aromatic rings. The minimum absolute atomic E-state index is 0.758. The van der Waals surface area contributed by atoms with Gasteiger partial charge in [0.05, 0.1) is 33.1 Å². The van der Waals surface area contributed by atoms with Crippen LogP contribution in [0.4, 0.5) is 34.1 Å². The van der Waals surface area contributed by atoms with Crippen molar-refractivity contribution >= 4 is 176 Å². The van der Waals surface area contributed by atoms with Crippen LogP contribution in [0.2, 0.25) is 0 Å². The van der Waals surface area contributed by atoms with Crippen molar-refractivity contribution in [3.05, 3.63) is 254 Å². The van der Waals surface area contributed by atoms with Crippen LogP contribution in [-0.2, 0) is 0 Å². The van der Waals surface area contributed by atoms with E-state index in [0.29, 0.717) is 0 Å². The number of benzene rings is 13.